The first-order valence-corrected chi connectivity index (χ1v) is 6.44. The van der Waals surface area contributed by atoms with Gasteiger partial charge in [0.05, 0.1) is 18.3 Å². The number of methoxy groups -OCH3 is 2. The van der Waals surface area contributed by atoms with E-state index in [0.717, 1.165) is 0 Å². The molecule has 5 atom stereocenters. The predicted molar refractivity (Wildman–Crippen MR) is 65.2 cm³/mol. The van der Waals surface area contributed by atoms with Crippen LogP contribution in [0.3, 0.4) is 0 Å². The van der Waals surface area contributed by atoms with E-state index in [0.29, 0.717) is 6.42 Å². The summed E-state index contributed by atoms with van der Waals surface area (Å²) in [5, 5.41) is 0. The van der Waals surface area contributed by atoms with Gasteiger partial charge in [-0.15, -0.1) is 0 Å². The standard InChI is InChI=1S/C13H24O5/c1-8-13(9(2)17-12(3,4)18-13)10(14-5)7-11(15-6)16-8/h8-11H,7H2,1-6H3/t8-,9-,10-,11+,13-/m0/s1. The van der Waals surface area contributed by atoms with Crippen molar-refractivity contribution >= 4 is 0 Å². The molecule has 0 aromatic carbocycles. The molecule has 5 nitrogen and oxygen atoms in total. The molecule has 0 N–H and O–H groups in total. The van der Waals surface area contributed by atoms with Crippen molar-refractivity contribution in [2.24, 2.45) is 0 Å². The van der Waals surface area contributed by atoms with Gasteiger partial charge in [0.25, 0.3) is 0 Å². The Morgan fingerprint density at radius 1 is 1.06 bits per heavy atom. The Kier molecular flexibility index (Phi) is 3.73. The van der Waals surface area contributed by atoms with E-state index >= 15 is 0 Å². The molecule has 0 amide bonds. The van der Waals surface area contributed by atoms with Gasteiger partial charge in [0, 0.05) is 20.6 Å². The second kappa shape index (κ2) is 4.72. The first-order chi connectivity index (χ1) is 8.35. The smallest absolute Gasteiger partial charge is 0.164 e. The molecular formula is C13H24O5. The van der Waals surface area contributed by atoms with Crippen LogP contribution in [0.1, 0.15) is 34.1 Å². The average Bonchev–Trinajstić information content (AvgIpc) is 2.53. The molecule has 0 radical (unpaired) electrons. The molecular weight excluding hydrogens is 236 g/mol. The Morgan fingerprint density at radius 3 is 2.17 bits per heavy atom. The Hall–Kier alpha value is -0.200. The Morgan fingerprint density at radius 2 is 1.72 bits per heavy atom. The van der Waals surface area contributed by atoms with Gasteiger partial charge in [-0.25, -0.2) is 0 Å². The van der Waals surface area contributed by atoms with Crippen LogP contribution in [-0.2, 0) is 23.7 Å². The van der Waals surface area contributed by atoms with Crippen molar-refractivity contribution in [1.82, 2.24) is 0 Å². The Balaban J connectivity index is 2.29. The van der Waals surface area contributed by atoms with Gasteiger partial charge in [-0.1, -0.05) is 0 Å². The number of hydrogen-bond acceptors (Lipinski definition) is 5. The van der Waals surface area contributed by atoms with Crippen LogP contribution in [0.15, 0.2) is 0 Å². The average molecular weight is 260 g/mol. The quantitative estimate of drug-likeness (QED) is 0.756. The minimum absolute atomic E-state index is 0.0924. The number of hydrogen-bond donors (Lipinski definition) is 0. The van der Waals surface area contributed by atoms with Gasteiger partial charge in [-0.2, -0.15) is 0 Å². The molecule has 2 fully saturated rings. The van der Waals surface area contributed by atoms with Crippen molar-refractivity contribution in [3.8, 4) is 0 Å². The molecule has 106 valence electrons. The molecule has 1 spiro atoms. The van der Waals surface area contributed by atoms with Crippen molar-refractivity contribution in [1.29, 1.82) is 0 Å². The fraction of sp³-hybridized carbons (Fsp3) is 1.00. The molecule has 0 unspecified atom stereocenters. The highest BCUT2D eigenvalue weighted by Crippen LogP contribution is 2.46. The lowest BCUT2D eigenvalue weighted by Gasteiger charge is -2.47. The fourth-order valence-corrected chi connectivity index (χ4v) is 3.23. The monoisotopic (exact) mass is 260 g/mol. The van der Waals surface area contributed by atoms with Crippen LogP contribution in [0.4, 0.5) is 0 Å². The van der Waals surface area contributed by atoms with E-state index in [1.165, 1.54) is 0 Å². The molecule has 0 bridgehead atoms. The zero-order valence-corrected chi connectivity index (χ0v) is 12.1. The van der Waals surface area contributed by atoms with E-state index in [-0.39, 0.29) is 24.6 Å². The highest BCUT2D eigenvalue weighted by Gasteiger charge is 2.62. The molecule has 0 aliphatic carbocycles. The zero-order valence-electron chi connectivity index (χ0n) is 12.1. The highest BCUT2D eigenvalue weighted by atomic mass is 16.8. The first-order valence-electron chi connectivity index (χ1n) is 6.44. The third kappa shape index (κ3) is 2.08. The maximum Gasteiger partial charge on any atom is 0.164 e. The molecule has 2 saturated heterocycles. The van der Waals surface area contributed by atoms with Crippen LogP contribution in [0.5, 0.6) is 0 Å². The molecule has 0 aromatic heterocycles. The maximum absolute atomic E-state index is 6.17. The molecule has 2 rings (SSSR count). The lowest BCUT2D eigenvalue weighted by molar-refractivity contribution is -0.298. The zero-order chi connectivity index (χ0) is 13.6. The van der Waals surface area contributed by atoms with Gasteiger partial charge in [0.15, 0.2) is 12.1 Å². The van der Waals surface area contributed by atoms with Gasteiger partial charge in [-0.3, -0.25) is 0 Å². The van der Waals surface area contributed by atoms with Crippen LogP contribution in [0.25, 0.3) is 0 Å². The summed E-state index contributed by atoms with van der Waals surface area (Å²) in [7, 11) is 3.33. The van der Waals surface area contributed by atoms with Crippen LogP contribution >= 0.6 is 0 Å². The minimum Gasteiger partial charge on any atom is -0.378 e. The second-order valence-electron chi connectivity index (χ2n) is 5.52. The summed E-state index contributed by atoms with van der Waals surface area (Å²) in [6, 6.07) is 0. The lowest BCUT2D eigenvalue weighted by atomic mass is 9.82. The SMILES string of the molecule is CO[C@H]1C[C@H](OC)[C@]2(OC(C)(C)O[C@H]2C)[C@H](C)O1. The molecule has 18 heavy (non-hydrogen) atoms. The molecule has 2 aliphatic heterocycles. The van der Waals surface area contributed by atoms with Crippen molar-refractivity contribution in [3.05, 3.63) is 0 Å². The number of ether oxygens (including phenoxy) is 5. The molecule has 5 heteroatoms. The number of rotatable bonds is 2. The van der Waals surface area contributed by atoms with Crippen LogP contribution < -0.4 is 0 Å². The largest absolute Gasteiger partial charge is 0.378 e. The van der Waals surface area contributed by atoms with Gasteiger partial charge in [0.2, 0.25) is 0 Å². The predicted octanol–water partition coefficient (Wildman–Crippen LogP) is 1.69. The minimum atomic E-state index is -0.617. The van der Waals surface area contributed by atoms with Crippen molar-refractivity contribution in [2.75, 3.05) is 14.2 Å². The van der Waals surface area contributed by atoms with Gasteiger partial charge >= 0.3 is 0 Å². The summed E-state index contributed by atoms with van der Waals surface area (Å²) in [6.45, 7) is 7.83. The topological polar surface area (TPSA) is 46.2 Å². The van der Waals surface area contributed by atoms with Crippen molar-refractivity contribution < 1.29 is 23.7 Å². The Labute approximate surface area is 109 Å². The van der Waals surface area contributed by atoms with E-state index in [1.807, 2.05) is 27.7 Å². The van der Waals surface area contributed by atoms with Crippen LogP contribution in [-0.4, -0.2) is 50.2 Å². The molecule has 2 aliphatic rings. The summed E-state index contributed by atoms with van der Waals surface area (Å²) in [6.07, 6.45) is 0.0300. The molecule has 0 saturated carbocycles. The van der Waals surface area contributed by atoms with Crippen LogP contribution in [0, 0.1) is 0 Å². The summed E-state index contributed by atoms with van der Waals surface area (Å²) < 4.78 is 28.8. The summed E-state index contributed by atoms with van der Waals surface area (Å²) in [5.74, 6) is -0.617. The summed E-state index contributed by atoms with van der Waals surface area (Å²) >= 11 is 0. The first kappa shape index (κ1) is 14.2. The lowest BCUT2D eigenvalue weighted by Crippen LogP contribution is -2.63. The van der Waals surface area contributed by atoms with Gasteiger partial charge in [0.1, 0.15) is 5.60 Å². The van der Waals surface area contributed by atoms with Gasteiger partial charge in [-0.05, 0) is 27.7 Å². The Bertz CT molecular complexity index is 306. The third-order valence-corrected chi connectivity index (χ3v) is 3.97. The summed E-state index contributed by atoms with van der Waals surface area (Å²) in [5.41, 5.74) is -0.576. The third-order valence-electron chi connectivity index (χ3n) is 3.97. The molecule has 0 aromatic rings. The van der Waals surface area contributed by atoms with E-state index < -0.39 is 11.4 Å². The van der Waals surface area contributed by atoms with E-state index in [9.17, 15) is 0 Å². The second-order valence-corrected chi connectivity index (χ2v) is 5.52. The van der Waals surface area contributed by atoms with Crippen LogP contribution in [0.2, 0.25) is 0 Å². The maximum atomic E-state index is 6.17. The normalized spacial score (nSPS) is 47.7. The van der Waals surface area contributed by atoms with Crippen molar-refractivity contribution in [2.45, 2.75) is 70.1 Å². The van der Waals surface area contributed by atoms with Crippen molar-refractivity contribution in [3.63, 3.8) is 0 Å². The fourth-order valence-electron chi connectivity index (χ4n) is 3.23. The van der Waals surface area contributed by atoms with E-state index in [4.69, 9.17) is 23.7 Å². The van der Waals surface area contributed by atoms with E-state index in [1.54, 1.807) is 14.2 Å². The highest BCUT2D eigenvalue weighted by molar-refractivity contribution is 5.06. The van der Waals surface area contributed by atoms with E-state index in [2.05, 4.69) is 0 Å². The summed E-state index contributed by atoms with van der Waals surface area (Å²) in [4.78, 5) is 0. The van der Waals surface area contributed by atoms with Gasteiger partial charge < -0.3 is 23.7 Å². The molecule has 2 heterocycles.